The molecule has 0 heterocycles. The van der Waals surface area contributed by atoms with E-state index in [9.17, 15) is 0 Å². The van der Waals surface area contributed by atoms with Crippen LogP contribution in [-0.4, -0.2) is 51.3 Å². The molecule has 5 heteroatoms. The van der Waals surface area contributed by atoms with Gasteiger partial charge >= 0.3 is 0 Å². The zero-order valence-electron chi connectivity index (χ0n) is 7.73. The summed E-state index contributed by atoms with van der Waals surface area (Å²) in [5.41, 5.74) is 0. The van der Waals surface area contributed by atoms with Crippen LogP contribution in [0.15, 0.2) is 0 Å². The minimum absolute atomic E-state index is 0.554. The van der Waals surface area contributed by atoms with Gasteiger partial charge < -0.3 is 14.8 Å². The van der Waals surface area contributed by atoms with Gasteiger partial charge in [-0.1, -0.05) is 0 Å². The van der Waals surface area contributed by atoms with Crippen molar-refractivity contribution in [3.8, 4) is 0 Å². The van der Waals surface area contributed by atoms with Crippen LogP contribution < -0.4 is 5.32 Å². The van der Waals surface area contributed by atoms with Crippen LogP contribution in [0, 0.1) is 0 Å². The van der Waals surface area contributed by atoms with E-state index >= 15 is 0 Å². The number of hydrogen-bond donors (Lipinski definition) is 1. The minimum atomic E-state index is 0.554. The van der Waals surface area contributed by atoms with Gasteiger partial charge in [0, 0.05) is 24.8 Å². The molecule has 0 amide bonds. The van der Waals surface area contributed by atoms with Gasteiger partial charge in [-0.15, -0.1) is 23.2 Å². The molecule has 0 aromatic heterocycles. The molecular weight excluding hydrogens is 213 g/mol. The molecule has 0 atom stereocenters. The van der Waals surface area contributed by atoms with E-state index in [0.29, 0.717) is 38.2 Å². The molecule has 13 heavy (non-hydrogen) atoms. The Hall–Kier alpha value is 0.460. The monoisotopic (exact) mass is 229 g/mol. The molecule has 0 spiro atoms. The topological polar surface area (TPSA) is 30.5 Å². The molecule has 0 aromatic rings. The third-order valence-corrected chi connectivity index (χ3v) is 1.60. The zero-order valence-corrected chi connectivity index (χ0v) is 9.24. The van der Waals surface area contributed by atoms with Gasteiger partial charge in [-0.3, -0.25) is 0 Å². The van der Waals surface area contributed by atoms with Crippen LogP contribution in [0.1, 0.15) is 0 Å². The second kappa shape index (κ2) is 12.5. The molecule has 80 valence electrons. The largest absolute Gasteiger partial charge is 0.379 e. The van der Waals surface area contributed by atoms with E-state index in [2.05, 4.69) is 5.32 Å². The van der Waals surface area contributed by atoms with Gasteiger partial charge in [-0.25, -0.2) is 0 Å². The quantitative estimate of drug-likeness (QED) is 0.450. The van der Waals surface area contributed by atoms with Crippen LogP contribution in [0.25, 0.3) is 0 Å². The highest BCUT2D eigenvalue weighted by molar-refractivity contribution is 6.18. The predicted octanol–water partition coefficient (Wildman–Crippen LogP) is 1.09. The van der Waals surface area contributed by atoms with E-state index in [1.807, 2.05) is 0 Å². The molecule has 3 nitrogen and oxygen atoms in total. The van der Waals surface area contributed by atoms with E-state index < -0.39 is 0 Å². The molecule has 0 aliphatic heterocycles. The summed E-state index contributed by atoms with van der Waals surface area (Å²) in [4.78, 5) is 0. The first kappa shape index (κ1) is 13.5. The van der Waals surface area contributed by atoms with E-state index in [0.717, 1.165) is 13.1 Å². The van der Waals surface area contributed by atoms with E-state index in [-0.39, 0.29) is 0 Å². The molecular formula is C8H17Cl2NO2. The first-order valence-electron chi connectivity index (χ1n) is 4.40. The number of hydrogen-bond acceptors (Lipinski definition) is 3. The molecule has 1 N–H and O–H groups in total. The fourth-order valence-electron chi connectivity index (χ4n) is 0.727. The van der Waals surface area contributed by atoms with Crippen molar-refractivity contribution in [1.29, 1.82) is 0 Å². The maximum Gasteiger partial charge on any atom is 0.0602 e. The number of alkyl halides is 2. The van der Waals surface area contributed by atoms with Gasteiger partial charge in [0.2, 0.25) is 0 Å². The van der Waals surface area contributed by atoms with Crippen molar-refractivity contribution >= 4 is 23.2 Å². The summed E-state index contributed by atoms with van der Waals surface area (Å²) in [7, 11) is 0. The lowest BCUT2D eigenvalue weighted by molar-refractivity contribution is 0.135. The van der Waals surface area contributed by atoms with E-state index in [4.69, 9.17) is 32.7 Å². The Bertz CT molecular complexity index is 86.2. The Morgan fingerprint density at radius 3 is 1.62 bits per heavy atom. The molecule has 0 saturated carbocycles. The van der Waals surface area contributed by atoms with Crippen LogP contribution in [0.3, 0.4) is 0 Å². The predicted molar refractivity (Wildman–Crippen MR) is 55.9 cm³/mol. The van der Waals surface area contributed by atoms with Crippen molar-refractivity contribution in [2.75, 3.05) is 51.3 Å². The molecule has 0 bridgehead atoms. The Morgan fingerprint density at radius 2 is 1.23 bits per heavy atom. The minimum Gasteiger partial charge on any atom is -0.379 e. The summed E-state index contributed by atoms with van der Waals surface area (Å²) in [6.45, 7) is 4.30. The second-order valence-electron chi connectivity index (χ2n) is 2.35. The Morgan fingerprint density at radius 1 is 0.769 bits per heavy atom. The molecule has 0 rings (SSSR count). The van der Waals surface area contributed by atoms with Crippen molar-refractivity contribution in [2.24, 2.45) is 0 Å². The second-order valence-corrected chi connectivity index (χ2v) is 3.11. The smallest absolute Gasteiger partial charge is 0.0602 e. The molecule has 0 aliphatic rings. The maximum atomic E-state index is 5.42. The summed E-state index contributed by atoms with van der Waals surface area (Å²) in [6.07, 6.45) is 0. The zero-order chi connectivity index (χ0) is 9.78. The first-order valence-corrected chi connectivity index (χ1v) is 5.47. The van der Waals surface area contributed by atoms with Crippen molar-refractivity contribution in [3.63, 3.8) is 0 Å². The van der Waals surface area contributed by atoms with Crippen LogP contribution in [0.2, 0.25) is 0 Å². The Balaban J connectivity index is 2.76. The number of ether oxygens (including phenoxy) is 2. The van der Waals surface area contributed by atoms with Crippen LogP contribution in [0.5, 0.6) is 0 Å². The molecule has 0 aliphatic carbocycles. The summed E-state index contributed by atoms with van der Waals surface area (Å²) in [5.74, 6) is 1.11. The van der Waals surface area contributed by atoms with Gasteiger partial charge in [0.25, 0.3) is 0 Å². The molecule has 0 aromatic carbocycles. The lowest BCUT2D eigenvalue weighted by Gasteiger charge is -2.05. The SMILES string of the molecule is ClCCOCCNCCOCCCl. The average Bonchev–Trinajstić information content (AvgIpc) is 2.16. The summed E-state index contributed by atoms with van der Waals surface area (Å²) >= 11 is 10.8. The summed E-state index contributed by atoms with van der Waals surface area (Å²) in [6, 6.07) is 0. The lowest BCUT2D eigenvalue weighted by atomic mass is 10.6. The molecule has 0 radical (unpaired) electrons. The Kier molecular flexibility index (Phi) is 12.9. The normalized spacial score (nSPS) is 10.6. The Labute approximate surface area is 89.7 Å². The molecule has 0 saturated heterocycles. The fraction of sp³-hybridized carbons (Fsp3) is 1.00. The van der Waals surface area contributed by atoms with Gasteiger partial charge in [0.15, 0.2) is 0 Å². The summed E-state index contributed by atoms with van der Waals surface area (Å²) < 4.78 is 10.3. The van der Waals surface area contributed by atoms with Crippen molar-refractivity contribution in [2.45, 2.75) is 0 Å². The third-order valence-electron chi connectivity index (χ3n) is 1.29. The molecule has 0 unspecified atom stereocenters. The van der Waals surface area contributed by atoms with Crippen LogP contribution in [-0.2, 0) is 9.47 Å². The highest BCUT2D eigenvalue weighted by Gasteiger charge is 1.89. The van der Waals surface area contributed by atoms with Gasteiger partial charge in [-0.2, -0.15) is 0 Å². The molecule has 0 fully saturated rings. The number of nitrogens with one attached hydrogen (secondary N) is 1. The maximum absolute atomic E-state index is 5.42. The summed E-state index contributed by atoms with van der Waals surface area (Å²) in [5, 5.41) is 3.17. The van der Waals surface area contributed by atoms with Crippen molar-refractivity contribution in [3.05, 3.63) is 0 Å². The van der Waals surface area contributed by atoms with Crippen LogP contribution >= 0.6 is 23.2 Å². The van der Waals surface area contributed by atoms with Crippen molar-refractivity contribution < 1.29 is 9.47 Å². The van der Waals surface area contributed by atoms with Gasteiger partial charge in [0.05, 0.1) is 26.4 Å². The lowest BCUT2D eigenvalue weighted by Crippen LogP contribution is -2.24. The average molecular weight is 230 g/mol. The van der Waals surface area contributed by atoms with Crippen molar-refractivity contribution in [1.82, 2.24) is 5.32 Å². The van der Waals surface area contributed by atoms with Gasteiger partial charge in [-0.05, 0) is 0 Å². The van der Waals surface area contributed by atoms with E-state index in [1.165, 1.54) is 0 Å². The highest BCUT2D eigenvalue weighted by atomic mass is 35.5. The third kappa shape index (κ3) is 12.5. The number of rotatable bonds is 10. The van der Waals surface area contributed by atoms with Gasteiger partial charge in [0.1, 0.15) is 0 Å². The fourth-order valence-corrected chi connectivity index (χ4v) is 0.945. The highest BCUT2D eigenvalue weighted by Crippen LogP contribution is 1.79. The van der Waals surface area contributed by atoms with Crippen LogP contribution in [0.4, 0.5) is 0 Å². The number of halogens is 2. The standard InChI is InChI=1S/C8H17Cl2NO2/c9-1-5-12-7-3-11-4-8-13-6-2-10/h11H,1-8H2. The first-order chi connectivity index (χ1) is 6.41. The van der Waals surface area contributed by atoms with E-state index in [1.54, 1.807) is 0 Å².